The number of nitrogens with zero attached hydrogens (tertiary/aromatic N) is 7. The highest BCUT2D eigenvalue weighted by Gasteiger charge is 2.15. The Bertz CT molecular complexity index is 1500. The van der Waals surface area contributed by atoms with Crippen molar-refractivity contribution in [3.8, 4) is 11.5 Å². The number of benzene rings is 1. The predicted octanol–water partition coefficient (Wildman–Crippen LogP) is 1.50. The van der Waals surface area contributed by atoms with Crippen LogP contribution < -0.4 is 10.9 Å². The van der Waals surface area contributed by atoms with E-state index in [0.717, 1.165) is 0 Å². The Balaban J connectivity index is 1.27. The minimum Gasteiger partial charge on any atom is -0.349 e. The molecule has 1 aromatic carbocycles. The number of carbonyl (C=O) groups is 1. The van der Waals surface area contributed by atoms with Gasteiger partial charge in [-0.15, -0.1) is 10.2 Å². The first-order valence-corrected chi connectivity index (χ1v) is 9.94. The second kappa shape index (κ2) is 8.02. The van der Waals surface area contributed by atoms with Gasteiger partial charge in [0.2, 0.25) is 5.91 Å². The molecule has 5 aromatic rings. The summed E-state index contributed by atoms with van der Waals surface area (Å²) in [6.45, 7) is 2.14. The molecule has 0 radical (unpaired) electrons. The molecule has 1 N–H and O–H groups in total. The Morgan fingerprint density at radius 3 is 2.88 bits per heavy atom. The largest absolute Gasteiger partial charge is 0.349 e. The van der Waals surface area contributed by atoms with Crippen molar-refractivity contribution in [1.82, 2.24) is 39.6 Å². The van der Waals surface area contributed by atoms with Gasteiger partial charge < -0.3 is 9.84 Å². The van der Waals surface area contributed by atoms with E-state index in [0.29, 0.717) is 39.7 Å². The summed E-state index contributed by atoms with van der Waals surface area (Å²) in [6, 6.07) is 10.7. The monoisotopic (exact) mass is 430 g/mol. The zero-order valence-corrected chi connectivity index (χ0v) is 17.1. The molecule has 4 aromatic heterocycles. The fraction of sp³-hybridized carbons (Fsp3) is 0.190. The van der Waals surface area contributed by atoms with Gasteiger partial charge in [0.05, 0.1) is 29.3 Å². The lowest BCUT2D eigenvalue weighted by Gasteiger charge is -2.07. The Morgan fingerprint density at radius 2 is 2.03 bits per heavy atom. The van der Waals surface area contributed by atoms with E-state index in [1.54, 1.807) is 35.7 Å². The van der Waals surface area contributed by atoms with Crippen LogP contribution in [0, 0.1) is 6.92 Å². The molecule has 11 heteroatoms. The smallest absolute Gasteiger partial charge is 0.261 e. The topological polar surface area (TPSA) is 133 Å². The second-order valence-corrected chi connectivity index (χ2v) is 7.17. The van der Waals surface area contributed by atoms with Crippen molar-refractivity contribution < 1.29 is 9.32 Å². The van der Waals surface area contributed by atoms with E-state index in [1.165, 1.54) is 10.9 Å². The number of hydrogen-bond donors (Lipinski definition) is 1. The van der Waals surface area contributed by atoms with E-state index in [9.17, 15) is 9.59 Å². The Hall–Kier alpha value is -4.41. The number of pyridine rings is 1. The molecule has 0 bridgehead atoms. The third-order valence-corrected chi connectivity index (χ3v) is 5.02. The number of hydrogen-bond acceptors (Lipinski definition) is 8. The number of nitrogens with one attached hydrogen (secondary N) is 1. The SMILES string of the molecule is Cc1noc(-c2cccn3c(CNC(=O)CCn4cnc5ccccc5c4=O)nnc23)n1. The standard InChI is InChI=1S/C21H18N8O3/c1-13-24-20(32-27-13)15-6-4-9-29-17(25-26-19(15)29)11-22-18(30)8-10-28-12-23-16-7-3-2-5-14(16)21(28)31/h2-7,9,12H,8,10-11H2,1H3,(H,22,30). The summed E-state index contributed by atoms with van der Waals surface area (Å²) >= 11 is 0. The average Bonchev–Trinajstić information content (AvgIpc) is 3.43. The fourth-order valence-electron chi connectivity index (χ4n) is 3.41. The average molecular weight is 430 g/mol. The number of fused-ring (bicyclic) bond motifs is 2. The molecule has 1 amide bonds. The number of amides is 1. The van der Waals surface area contributed by atoms with Crippen LogP contribution in [0.2, 0.25) is 0 Å². The number of carbonyl (C=O) groups excluding carboxylic acids is 1. The summed E-state index contributed by atoms with van der Waals surface area (Å²) in [7, 11) is 0. The lowest BCUT2D eigenvalue weighted by atomic mass is 10.2. The van der Waals surface area contributed by atoms with Crippen LogP contribution in [-0.4, -0.2) is 40.2 Å². The molecule has 0 atom stereocenters. The van der Waals surface area contributed by atoms with E-state index in [1.807, 2.05) is 18.2 Å². The molecule has 0 fully saturated rings. The van der Waals surface area contributed by atoms with Gasteiger partial charge in [-0.1, -0.05) is 17.3 Å². The third kappa shape index (κ3) is 3.60. The van der Waals surface area contributed by atoms with Crippen molar-refractivity contribution in [1.29, 1.82) is 0 Å². The van der Waals surface area contributed by atoms with Crippen molar-refractivity contribution in [2.45, 2.75) is 26.4 Å². The Kier molecular flexibility index (Phi) is 4.90. The van der Waals surface area contributed by atoms with Crippen LogP contribution in [0.25, 0.3) is 28.0 Å². The first-order chi connectivity index (χ1) is 15.6. The lowest BCUT2D eigenvalue weighted by molar-refractivity contribution is -0.121. The molecule has 32 heavy (non-hydrogen) atoms. The molecule has 0 aliphatic heterocycles. The minimum absolute atomic E-state index is 0.128. The summed E-state index contributed by atoms with van der Waals surface area (Å²) in [5.74, 6) is 1.21. The summed E-state index contributed by atoms with van der Waals surface area (Å²) < 4.78 is 8.43. The maximum Gasteiger partial charge on any atom is 0.261 e. The molecule has 5 rings (SSSR count). The van der Waals surface area contributed by atoms with Crippen molar-refractivity contribution in [2.24, 2.45) is 0 Å². The minimum atomic E-state index is -0.217. The van der Waals surface area contributed by atoms with Crippen LogP contribution in [-0.2, 0) is 17.9 Å². The van der Waals surface area contributed by atoms with Crippen LogP contribution in [0.3, 0.4) is 0 Å². The van der Waals surface area contributed by atoms with Gasteiger partial charge in [0, 0.05) is 19.2 Å². The van der Waals surface area contributed by atoms with Gasteiger partial charge in [0.15, 0.2) is 17.3 Å². The first-order valence-electron chi connectivity index (χ1n) is 9.94. The van der Waals surface area contributed by atoms with Crippen LogP contribution >= 0.6 is 0 Å². The molecular formula is C21H18N8O3. The van der Waals surface area contributed by atoms with Crippen molar-refractivity contribution in [3.63, 3.8) is 0 Å². The highest BCUT2D eigenvalue weighted by atomic mass is 16.5. The molecule has 0 aliphatic rings. The second-order valence-electron chi connectivity index (χ2n) is 7.17. The summed E-state index contributed by atoms with van der Waals surface area (Å²) in [4.78, 5) is 33.4. The third-order valence-electron chi connectivity index (χ3n) is 5.02. The molecule has 0 unspecified atom stereocenters. The van der Waals surface area contributed by atoms with Crippen molar-refractivity contribution >= 4 is 22.5 Å². The number of rotatable bonds is 6. The van der Waals surface area contributed by atoms with Crippen molar-refractivity contribution in [3.05, 3.63) is 70.9 Å². The molecule has 11 nitrogen and oxygen atoms in total. The lowest BCUT2D eigenvalue weighted by Crippen LogP contribution is -2.28. The maximum atomic E-state index is 12.5. The first kappa shape index (κ1) is 19.5. The normalized spacial score (nSPS) is 11.3. The Morgan fingerprint density at radius 1 is 1.16 bits per heavy atom. The van der Waals surface area contributed by atoms with E-state index in [2.05, 4.69) is 30.6 Å². The number of para-hydroxylation sites is 1. The van der Waals surface area contributed by atoms with Gasteiger partial charge in [0.1, 0.15) is 0 Å². The van der Waals surface area contributed by atoms with Gasteiger partial charge in [-0.3, -0.25) is 18.6 Å². The zero-order valence-electron chi connectivity index (χ0n) is 17.1. The highest BCUT2D eigenvalue weighted by molar-refractivity contribution is 5.77. The molecular weight excluding hydrogens is 412 g/mol. The Labute approximate surface area is 180 Å². The summed E-state index contributed by atoms with van der Waals surface area (Å²) in [5, 5.41) is 15.5. The number of aryl methyl sites for hydroxylation is 2. The van der Waals surface area contributed by atoms with Crippen LogP contribution in [0.4, 0.5) is 0 Å². The van der Waals surface area contributed by atoms with Crippen LogP contribution in [0.1, 0.15) is 18.1 Å². The molecule has 0 aliphatic carbocycles. The van der Waals surface area contributed by atoms with Crippen LogP contribution in [0.5, 0.6) is 0 Å². The van der Waals surface area contributed by atoms with Gasteiger partial charge >= 0.3 is 0 Å². The van der Waals surface area contributed by atoms with E-state index >= 15 is 0 Å². The van der Waals surface area contributed by atoms with Gasteiger partial charge in [0.25, 0.3) is 11.4 Å². The van der Waals surface area contributed by atoms with E-state index < -0.39 is 0 Å². The van der Waals surface area contributed by atoms with E-state index in [4.69, 9.17) is 4.52 Å². The van der Waals surface area contributed by atoms with Gasteiger partial charge in [-0.2, -0.15) is 4.98 Å². The summed E-state index contributed by atoms with van der Waals surface area (Å²) in [5.41, 5.74) is 1.66. The number of aromatic nitrogens is 7. The van der Waals surface area contributed by atoms with E-state index in [-0.39, 0.29) is 31.0 Å². The molecule has 0 saturated heterocycles. The van der Waals surface area contributed by atoms with Gasteiger partial charge in [-0.05, 0) is 31.2 Å². The summed E-state index contributed by atoms with van der Waals surface area (Å²) in [6.07, 6.45) is 3.39. The van der Waals surface area contributed by atoms with Gasteiger partial charge in [-0.25, -0.2) is 4.98 Å². The fourth-order valence-corrected chi connectivity index (χ4v) is 3.41. The molecule has 160 valence electrons. The molecule has 0 spiro atoms. The molecule has 4 heterocycles. The predicted molar refractivity (Wildman–Crippen MR) is 113 cm³/mol. The van der Waals surface area contributed by atoms with Crippen molar-refractivity contribution in [2.75, 3.05) is 0 Å². The highest BCUT2D eigenvalue weighted by Crippen LogP contribution is 2.22. The van der Waals surface area contributed by atoms with Crippen LogP contribution in [0.15, 0.2) is 58.2 Å². The maximum absolute atomic E-state index is 12.5. The zero-order chi connectivity index (χ0) is 22.1. The molecule has 0 saturated carbocycles. The quantitative estimate of drug-likeness (QED) is 0.428.